The molecule has 3 rings (SSSR count). The van der Waals surface area contributed by atoms with Crippen molar-refractivity contribution in [2.75, 3.05) is 25.0 Å². The number of nitrogens with zero attached hydrogens (tertiary/aromatic N) is 3. The molecule has 0 bridgehead atoms. The topological polar surface area (TPSA) is 79.3 Å². The van der Waals surface area contributed by atoms with E-state index >= 15 is 0 Å². The number of piperidine rings is 1. The predicted molar refractivity (Wildman–Crippen MR) is 118 cm³/mol. The van der Waals surface area contributed by atoms with Crippen LogP contribution >= 0.6 is 0 Å². The van der Waals surface area contributed by atoms with Crippen molar-refractivity contribution in [3.63, 3.8) is 0 Å². The van der Waals surface area contributed by atoms with Crippen LogP contribution in [0.2, 0.25) is 0 Å². The molecule has 1 aromatic heterocycles. The molecule has 0 atom stereocenters. The van der Waals surface area contributed by atoms with E-state index in [0.29, 0.717) is 24.2 Å². The summed E-state index contributed by atoms with van der Waals surface area (Å²) in [6, 6.07) is 7.29. The number of hydrogen-bond donors (Lipinski definition) is 2. The average molecular weight is 410 g/mol. The van der Waals surface area contributed by atoms with Gasteiger partial charge in [0.2, 0.25) is 5.91 Å². The number of nitrogens with one attached hydrogen (secondary N) is 2. The first-order valence-corrected chi connectivity index (χ1v) is 10.5. The van der Waals surface area contributed by atoms with Gasteiger partial charge in [0.15, 0.2) is 0 Å². The normalized spacial score (nSPS) is 14.9. The standard InChI is InChI=1S/C23H31N5O2/c1-18(2)6-11-27-12-7-20(8-13-27)26-23(30)19-4-3-5-21(16-19)25-22(29)9-14-28-15-10-24-17-28/h3-6,10,15-17,20H,7-9,11-14H2,1-2H3,(H,25,29)(H,26,30). The number of benzene rings is 1. The summed E-state index contributed by atoms with van der Waals surface area (Å²) in [5, 5.41) is 6.01. The Morgan fingerprint density at radius 3 is 2.73 bits per heavy atom. The van der Waals surface area contributed by atoms with Crippen LogP contribution in [0.5, 0.6) is 0 Å². The van der Waals surface area contributed by atoms with Crippen LogP contribution in [0.15, 0.2) is 54.6 Å². The van der Waals surface area contributed by atoms with Gasteiger partial charge < -0.3 is 15.2 Å². The monoisotopic (exact) mass is 409 g/mol. The maximum absolute atomic E-state index is 12.7. The van der Waals surface area contributed by atoms with E-state index in [2.05, 4.69) is 40.4 Å². The third-order valence-corrected chi connectivity index (χ3v) is 5.25. The molecule has 160 valence electrons. The molecular weight excluding hydrogens is 378 g/mol. The van der Waals surface area contributed by atoms with Crippen LogP contribution in [-0.4, -0.2) is 51.9 Å². The smallest absolute Gasteiger partial charge is 0.251 e. The minimum absolute atomic E-state index is 0.0905. The number of aryl methyl sites for hydroxylation is 1. The van der Waals surface area contributed by atoms with Gasteiger partial charge in [0.05, 0.1) is 6.33 Å². The fraction of sp³-hybridized carbons (Fsp3) is 0.435. The first-order chi connectivity index (χ1) is 14.5. The third kappa shape index (κ3) is 6.84. The van der Waals surface area contributed by atoms with E-state index in [0.717, 1.165) is 32.5 Å². The fourth-order valence-electron chi connectivity index (χ4n) is 3.45. The Morgan fingerprint density at radius 2 is 2.03 bits per heavy atom. The van der Waals surface area contributed by atoms with Gasteiger partial charge in [-0.25, -0.2) is 4.98 Å². The third-order valence-electron chi connectivity index (χ3n) is 5.25. The van der Waals surface area contributed by atoms with Gasteiger partial charge in [-0.2, -0.15) is 0 Å². The molecule has 0 saturated carbocycles. The first-order valence-electron chi connectivity index (χ1n) is 10.5. The summed E-state index contributed by atoms with van der Waals surface area (Å²) in [6.45, 7) is 7.75. The van der Waals surface area contributed by atoms with E-state index in [9.17, 15) is 9.59 Å². The van der Waals surface area contributed by atoms with Crippen molar-refractivity contribution in [3.8, 4) is 0 Å². The van der Waals surface area contributed by atoms with E-state index < -0.39 is 0 Å². The number of aromatic nitrogens is 2. The lowest BCUT2D eigenvalue weighted by atomic mass is 10.0. The number of amides is 2. The van der Waals surface area contributed by atoms with Gasteiger partial charge in [0.1, 0.15) is 0 Å². The highest BCUT2D eigenvalue weighted by atomic mass is 16.2. The Hall–Kier alpha value is -2.93. The second-order valence-corrected chi connectivity index (χ2v) is 8.01. The zero-order chi connectivity index (χ0) is 21.3. The Morgan fingerprint density at radius 1 is 1.23 bits per heavy atom. The lowest BCUT2D eigenvalue weighted by Crippen LogP contribution is -2.44. The van der Waals surface area contributed by atoms with Crippen molar-refractivity contribution >= 4 is 17.5 Å². The second-order valence-electron chi connectivity index (χ2n) is 8.01. The molecule has 0 aliphatic carbocycles. The largest absolute Gasteiger partial charge is 0.349 e. The van der Waals surface area contributed by atoms with E-state index in [1.807, 2.05) is 10.8 Å². The van der Waals surface area contributed by atoms with Gasteiger partial charge >= 0.3 is 0 Å². The molecule has 1 aliphatic heterocycles. The molecule has 1 aliphatic rings. The SMILES string of the molecule is CC(C)=CCN1CCC(NC(=O)c2cccc(NC(=O)CCn3ccnc3)c2)CC1. The molecule has 0 radical (unpaired) electrons. The zero-order valence-electron chi connectivity index (χ0n) is 17.8. The molecule has 2 heterocycles. The molecule has 30 heavy (non-hydrogen) atoms. The number of hydrogen-bond acceptors (Lipinski definition) is 4. The average Bonchev–Trinajstić information content (AvgIpc) is 3.25. The number of carbonyl (C=O) groups is 2. The first kappa shape index (κ1) is 21.8. The van der Waals surface area contributed by atoms with Gasteiger partial charge in [-0.3, -0.25) is 14.5 Å². The highest BCUT2D eigenvalue weighted by Crippen LogP contribution is 2.14. The van der Waals surface area contributed by atoms with Crippen LogP contribution in [0, 0.1) is 0 Å². The number of carbonyl (C=O) groups excluding carboxylic acids is 2. The van der Waals surface area contributed by atoms with Crippen LogP contribution in [0.25, 0.3) is 0 Å². The number of likely N-dealkylation sites (tertiary alicyclic amines) is 1. The lowest BCUT2D eigenvalue weighted by Gasteiger charge is -2.31. The molecule has 1 saturated heterocycles. The Balaban J connectivity index is 1.46. The van der Waals surface area contributed by atoms with Crippen molar-refractivity contribution in [3.05, 3.63) is 60.2 Å². The summed E-state index contributed by atoms with van der Waals surface area (Å²) < 4.78 is 1.86. The summed E-state index contributed by atoms with van der Waals surface area (Å²) in [5.74, 6) is -0.183. The molecule has 0 unspecified atom stereocenters. The quantitative estimate of drug-likeness (QED) is 0.657. The molecule has 7 heteroatoms. The minimum atomic E-state index is -0.0926. The molecule has 1 fully saturated rings. The number of allylic oxidation sites excluding steroid dienone is 1. The summed E-state index contributed by atoms with van der Waals surface area (Å²) in [7, 11) is 0. The highest BCUT2D eigenvalue weighted by Gasteiger charge is 2.20. The summed E-state index contributed by atoms with van der Waals surface area (Å²) in [5.41, 5.74) is 2.53. The van der Waals surface area contributed by atoms with E-state index in [4.69, 9.17) is 0 Å². The Kier molecular flexibility index (Phi) is 7.79. The highest BCUT2D eigenvalue weighted by molar-refractivity contribution is 5.97. The van der Waals surface area contributed by atoms with Crippen molar-refractivity contribution in [1.29, 1.82) is 0 Å². The van der Waals surface area contributed by atoms with Crippen molar-refractivity contribution < 1.29 is 9.59 Å². The van der Waals surface area contributed by atoms with Gasteiger partial charge in [-0.15, -0.1) is 0 Å². The molecule has 1 aromatic carbocycles. The van der Waals surface area contributed by atoms with Crippen molar-refractivity contribution in [2.24, 2.45) is 0 Å². The van der Waals surface area contributed by atoms with Gasteiger partial charge in [-0.05, 0) is 44.9 Å². The Bertz CT molecular complexity index is 863. The minimum Gasteiger partial charge on any atom is -0.349 e. The predicted octanol–water partition coefficient (Wildman–Crippen LogP) is 3.07. The molecule has 7 nitrogen and oxygen atoms in total. The van der Waals surface area contributed by atoms with Crippen LogP contribution in [0.3, 0.4) is 0 Å². The molecular formula is C23H31N5O2. The maximum Gasteiger partial charge on any atom is 0.251 e. The van der Waals surface area contributed by atoms with Crippen LogP contribution in [0.1, 0.15) is 43.5 Å². The molecule has 2 N–H and O–H groups in total. The molecule has 2 amide bonds. The van der Waals surface area contributed by atoms with Crippen LogP contribution in [-0.2, 0) is 11.3 Å². The Labute approximate surface area is 178 Å². The van der Waals surface area contributed by atoms with E-state index in [-0.39, 0.29) is 17.9 Å². The van der Waals surface area contributed by atoms with Gasteiger partial charge in [0, 0.05) is 62.3 Å². The van der Waals surface area contributed by atoms with Crippen molar-refractivity contribution in [1.82, 2.24) is 19.8 Å². The zero-order valence-corrected chi connectivity index (χ0v) is 17.8. The lowest BCUT2D eigenvalue weighted by molar-refractivity contribution is -0.116. The molecule has 0 spiro atoms. The number of imidazole rings is 1. The van der Waals surface area contributed by atoms with E-state index in [1.165, 1.54) is 5.57 Å². The van der Waals surface area contributed by atoms with Gasteiger partial charge in [0.25, 0.3) is 5.91 Å². The van der Waals surface area contributed by atoms with Crippen LogP contribution < -0.4 is 10.6 Å². The van der Waals surface area contributed by atoms with Crippen molar-refractivity contribution in [2.45, 2.75) is 45.7 Å². The van der Waals surface area contributed by atoms with Gasteiger partial charge in [-0.1, -0.05) is 17.7 Å². The van der Waals surface area contributed by atoms with E-state index in [1.54, 1.807) is 36.8 Å². The fourth-order valence-corrected chi connectivity index (χ4v) is 3.45. The summed E-state index contributed by atoms with van der Waals surface area (Å²) in [4.78, 5) is 31.2. The summed E-state index contributed by atoms with van der Waals surface area (Å²) in [6.07, 6.45) is 9.69. The molecule has 2 aromatic rings. The summed E-state index contributed by atoms with van der Waals surface area (Å²) >= 11 is 0. The second kappa shape index (κ2) is 10.7. The maximum atomic E-state index is 12.7. The van der Waals surface area contributed by atoms with Crippen LogP contribution in [0.4, 0.5) is 5.69 Å². The number of anilines is 1. The number of rotatable bonds is 8.